The zero-order chi connectivity index (χ0) is 20.9. The van der Waals surface area contributed by atoms with E-state index in [-0.39, 0.29) is 11.1 Å². The third kappa shape index (κ3) is 4.73. The number of fused-ring (bicyclic) bond motifs is 1. The van der Waals surface area contributed by atoms with Crippen LogP contribution in [0.1, 0.15) is 99.2 Å². The number of unbranched alkanes of at least 4 members (excludes halogenated alkanes) is 1. The van der Waals surface area contributed by atoms with Crippen LogP contribution in [0.5, 0.6) is 0 Å². The standard InChI is InChI=1S/C23H34N2O4/c1-2-3-15-25-19-12-8-5-4-7-11-17(19)16-18(21(25)27)20(26)24-23(22(28)29)13-9-6-10-14-23/h16H,2-15H2,1H3,(H,24,26)(H,28,29). The molecule has 0 bridgehead atoms. The van der Waals surface area contributed by atoms with E-state index in [0.29, 0.717) is 19.4 Å². The highest BCUT2D eigenvalue weighted by molar-refractivity contribution is 5.97. The number of carboxylic acid groups (broad SMARTS) is 1. The lowest BCUT2D eigenvalue weighted by molar-refractivity contribution is -0.145. The van der Waals surface area contributed by atoms with Crippen LogP contribution < -0.4 is 10.9 Å². The fraction of sp³-hybridized carbons (Fsp3) is 0.696. The van der Waals surface area contributed by atoms with Gasteiger partial charge in [-0.05, 0) is 56.6 Å². The lowest BCUT2D eigenvalue weighted by atomic mass is 9.81. The van der Waals surface area contributed by atoms with Crippen molar-refractivity contribution < 1.29 is 14.7 Å². The average Bonchev–Trinajstić information content (AvgIpc) is 2.68. The van der Waals surface area contributed by atoms with Gasteiger partial charge in [0.25, 0.3) is 11.5 Å². The molecule has 2 aliphatic carbocycles. The van der Waals surface area contributed by atoms with Crippen LogP contribution in [0, 0.1) is 0 Å². The van der Waals surface area contributed by atoms with Crippen LogP contribution in [0.25, 0.3) is 0 Å². The van der Waals surface area contributed by atoms with Gasteiger partial charge < -0.3 is 15.0 Å². The zero-order valence-corrected chi connectivity index (χ0v) is 17.6. The van der Waals surface area contributed by atoms with Crippen molar-refractivity contribution in [1.82, 2.24) is 9.88 Å². The Hall–Kier alpha value is -2.11. The van der Waals surface area contributed by atoms with Crippen molar-refractivity contribution in [2.24, 2.45) is 0 Å². The van der Waals surface area contributed by atoms with Gasteiger partial charge in [0, 0.05) is 12.2 Å². The van der Waals surface area contributed by atoms with Gasteiger partial charge in [0.2, 0.25) is 0 Å². The molecule has 1 aromatic rings. The molecule has 160 valence electrons. The fourth-order valence-corrected chi connectivity index (χ4v) is 4.78. The van der Waals surface area contributed by atoms with E-state index in [9.17, 15) is 19.5 Å². The van der Waals surface area contributed by atoms with E-state index in [1.807, 2.05) is 0 Å². The minimum Gasteiger partial charge on any atom is -0.480 e. The lowest BCUT2D eigenvalue weighted by Gasteiger charge is -2.34. The van der Waals surface area contributed by atoms with Gasteiger partial charge in [-0.25, -0.2) is 4.79 Å². The SMILES string of the molecule is CCCCn1c2c(cc(C(=O)NC3(C(=O)O)CCCCC3)c1=O)CCCCCC2. The summed E-state index contributed by atoms with van der Waals surface area (Å²) in [6.07, 6.45) is 11.4. The molecule has 1 heterocycles. The molecule has 0 atom stereocenters. The predicted octanol–water partition coefficient (Wildman–Crippen LogP) is 3.82. The van der Waals surface area contributed by atoms with Crippen LogP contribution in [0.3, 0.4) is 0 Å². The number of hydrogen-bond acceptors (Lipinski definition) is 3. The van der Waals surface area contributed by atoms with Crippen LogP contribution in [0.2, 0.25) is 0 Å². The summed E-state index contributed by atoms with van der Waals surface area (Å²) in [4.78, 5) is 38.3. The molecule has 1 amide bonds. The molecule has 29 heavy (non-hydrogen) atoms. The van der Waals surface area contributed by atoms with Crippen LogP contribution in [-0.2, 0) is 24.2 Å². The number of aryl methyl sites for hydroxylation is 1. The quantitative estimate of drug-likeness (QED) is 0.757. The zero-order valence-electron chi connectivity index (χ0n) is 17.6. The first-order valence-corrected chi connectivity index (χ1v) is 11.3. The first-order chi connectivity index (χ1) is 14.0. The van der Waals surface area contributed by atoms with E-state index in [4.69, 9.17) is 0 Å². The number of nitrogens with zero attached hydrogens (tertiary/aromatic N) is 1. The highest BCUT2D eigenvalue weighted by atomic mass is 16.4. The Kier molecular flexibility index (Phi) is 7.14. The number of hydrogen-bond donors (Lipinski definition) is 2. The van der Waals surface area contributed by atoms with E-state index in [0.717, 1.165) is 75.5 Å². The summed E-state index contributed by atoms with van der Waals surface area (Å²) in [5, 5.41) is 12.5. The second kappa shape index (κ2) is 9.59. The smallest absolute Gasteiger partial charge is 0.329 e. The Balaban J connectivity index is 1.99. The predicted molar refractivity (Wildman–Crippen MR) is 112 cm³/mol. The number of carbonyl (C=O) groups is 2. The maximum atomic E-state index is 13.3. The van der Waals surface area contributed by atoms with Crippen molar-refractivity contribution in [2.45, 2.75) is 102 Å². The number of carboxylic acids is 1. The number of rotatable bonds is 6. The highest BCUT2D eigenvalue weighted by Gasteiger charge is 2.41. The molecule has 0 radical (unpaired) electrons. The number of amides is 1. The fourth-order valence-electron chi connectivity index (χ4n) is 4.78. The van der Waals surface area contributed by atoms with Crippen molar-refractivity contribution >= 4 is 11.9 Å². The average molecular weight is 403 g/mol. The topological polar surface area (TPSA) is 88.4 Å². The Morgan fingerprint density at radius 2 is 1.72 bits per heavy atom. The van der Waals surface area contributed by atoms with Gasteiger partial charge in [-0.1, -0.05) is 45.4 Å². The molecule has 6 heteroatoms. The number of aliphatic carboxylic acids is 1. The van der Waals surface area contributed by atoms with Crippen molar-refractivity contribution in [2.75, 3.05) is 0 Å². The lowest BCUT2D eigenvalue weighted by Crippen LogP contribution is -2.56. The molecular weight excluding hydrogens is 368 g/mol. The number of carbonyl (C=O) groups excluding carboxylic acids is 1. The largest absolute Gasteiger partial charge is 0.480 e. The summed E-state index contributed by atoms with van der Waals surface area (Å²) in [6, 6.07) is 1.75. The van der Waals surface area contributed by atoms with E-state index in [2.05, 4.69) is 12.2 Å². The van der Waals surface area contributed by atoms with Crippen LogP contribution >= 0.6 is 0 Å². The van der Waals surface area contributed by atoms with Gasteiger partial charge in [-0.3, -0.25) is 9.59 Å². The molecule has 1 aromatic heterocycles. The van der Waals surface area contributed by atoms with Crippen molar-refractivity contribution in [1.29, 1.82) is 0 Å². The molecule has 1 saturated carbocycles. The molecule has 0 spiro atoms. The summed E-state index contributed by atoms with van der Waals surface area (Å²) in [5.41, 5.74) is 0.738. The normalized spacial score (nSPS) is 18.9. The van der Waals surface area contributed by atoms with Gasteiger partial charge in [0.1, 0.15) is 11.1 Å². The second-order valence-corrected chi connectivity index (χ2v) is 8.66. The molecule has 0 aliphatic heterocycles. The third-order valence-corrected chi connectivity index (χ3v) is 6.55. The number of aromatic nitrogens is 1. The Labute approximate surface area is 172 Å². The van der Waals surface area contributed by atoms with Gasteiger partial charge >= 0.3 is 5.97 Å². The van der Waals surface area contributed by atoms with Gasteiger partial charge in [-0.2, -0.15) is 0 Å². The Morgan fingerprint density at radius 1 is 1.07 bits per heavy atom. The first kappa shape index (κ1) is 21.6. The van der Waals surface area contributed by atoms with E-state index < -0.39 is 17.4 Å². The first-order valence-electron chi connectivity index (χ1n) is 11.3. The highest BCUT2D eigenvalue weighted by Crippen LogP contribution is 2.29. The Morgan fingerprint density at radius 3 is 2.38 bits per heavy atom. The Bertz CT molecular complexity index is 806. The minimum atomic E-state index is -1.25. The maximum Gasteiger partial charge on any atom is 0.329 e. The summed E-state index contributed by atoms with van der Waals surface area (Å²) >= 11 is 0. The molecule has 3 rings (SSSR count). The van der Waals surface area contributed by atoms with Crippen LogP contribution in [0.4, 0.5) is 0 Å². The summed E-state index contributed by atoms with van der Waals surface area (Å²) in [6.45, 7) is 2.70. The van der Waals surface area contributed by atoms with Gasteiger partial charge in [0.15, 0.2) is 0 Å². The van der Waals surface area contributed by atoms with Gasteiger partial charge in [0.05, 0.1) is 0 Å². The van der Waals surface area contributed by atoms with Crippen LogP contribution in [0.15, 0.2) is 10.9 Å². The summed E-state index contributed by atoms with van der Waals surface area (Å²) < 4.78 is 1.80. The molecular formula is C23H34N2O4. The van der Waals surface area contributed by atoms with E-state index in [1.54, 1.807) is 10.6 Å². The minimum absolute atomic E-state index is 0.103. The van der Waals surface area contributed by atoms with Crippen molar-refractivity contribution in [3.05, 3.63) is 33.2 Å². The number of pyridine rings is 1. The molecule has 0 saturated heterocycles. The second-order valence-electron chi connectivity index (χ2n) is 8.66. The molecule has 0 aromatic carbocycles. The van der Waals surface area contributed by atoms with Gasteiger partial charge in [-0.15, -0.1) is 0 Å². The summed E-state index contributed by atoms with van der Waals surface area (Å²) in [7, 11) is 0. The molecule has 0 unspecified atom stereocenters. The molecule has 6 nitrogen and oxygen atoms in total. The van der Waals surface area contributed by atoms with E-state index in [1.165, 1.54) is 6.42 Å². The molecule has 1 fully saturated rings. The van der Waals surface area contributed by atoms with Crippen molar-refractivity contribution in [3.63, 3.8) is 0 Å². The molecule has 2 N–H and O–H groups in total. The number of nitrogens with one attached hydrogen (secondary N) is 1. The maximum absolute atomic E-state index is 13.3. The van der Waals surface area contributed by atoms with E-state index >= 15 is 0 Å². The molecule has 2 aliphatic rings. The summed E-state index contributed by atoms with van der Waals surface area (Å²) in [5.74, 6) is -1.53. The van der Waals surface area contributed by atoms with Crippen molar-refractivity contribution in [3.8, 4) is 0 Å². The monoisotopic (exact) mass is 402 g/mol. The third-order valence-electron chi connectivity index (χ3n) is 6.55. The van der Waals surface area contributed by atoms with Crippen LogP contribution in [-0.4, -0.2) is 27.1 Å².